The molecule has 3 fully saturated rings. The largest absolute Gasteiger partial charge is 0.381 e. The van der Waals surface area contributed by atoms with E-state index in [0.717, 1.165) is 91.2 Å². The lowest BCUT2D eigenvalue weighted by atomic mass is 9.80. The van der Waals surface area contributed by atoms with Crippen molar-refractivity contribution in [3.8, 4) is 0 Å². The van der Waals surface area contributed by atoms with Gasteiger partial charge in [0.2, 0.25) is 0 Å². The van der Waals surface area contributed by atoms with E-state index in [-0.39, 0.29) is 5.54 Å². The summed E-state index contributed by atoms with van der Waals surface area (Å²) in [7, 11) is 0. The third-order valence-electron chi connectivity index (χ3n) is 6.48. The van der Waals surface area contributed by atoms with Crippen LogP contribution in [0, 0.1) is 5.92 Å². The Balaban J connectivity index is 1.43. The Labute approximate surface area is 176 Å². The Morgan fingerprint density at radius 2 is 1.93 bits per heavy atom. The zero-order chi connectivity index (χ0) is 20.2. The number of ether oxygens (including phenoxy) is 3. The second kappa shape index (κ2) is 12.7. The van der Waals surface area contributed by atoms with E-state index in [0.29, 0.717) is 5.92 Å². The first kappa shape index (κ1) is 22.8. The molecule has 0 amide bonds. The van der Waals surface area contributed by atoms with Gasteiger partial charge < -0.3 is 24.8 Å². The predicted octanol–water partition coefficient (Wildman–Crippen LogP) is 2.02. The van der Waals surface area contributed by atoms with Crippen LogP contribution in [0.25, 0.3) is 0 Å². The Morgan fingerprint density at radius 1 is 1.10 bits per heavy atom. The van der Waals surface area contributed by atoms with Crippen LogP contribution in [0.3, 0.4) is 0 Å². The minimum Gasteiger partial charge on any atom is -0.381 e. The van der Waals surface area contributed by atoms with Crippen LogP contribution in [0.5, 0.6) is 0 Å². The van der Waals surface area contributed by atoms with Gasteiger partial charge in [0.05, 0.1) is 33.0 Å². The number of nitrogens with one attached hydrogen (secondary N) is 2. The second-order valence-electron chi connectivity index (χ2n) is 8.66. The molecule has 0 aromatic rings. The molecule has 2 heterocycles. The third kappa shape index (κ3) is 7.39. The normalized spacial score (nSPS) is 25.8. The Kier molecular flexibility index (Phi) is 10.00. The summed E-state index contributed by atoms with van der Waals surface area (Å²) in [5, 5.41) is 6.92. The van der Waals surface area contributed by atoms with Crippen LogP contribution in [0.1, 0.15) is 51.9 Å². The number of morpholine rings is 1. The third-order valence-corrected chi connectivity index (χ3v) is 6.48. The first-order valence-electron chi connectivity index (χ1n) is 11.8. The van der Waals surface area contributed by atoms with Crippen LogP contribution < -0.4 is 10.6 Å². The SMILES string of the molecule is CCNC(=NCC1(N2CCOCC2)CCCCC1)NCCCOCC1CCOC1. The number of aliphatic imine (C=N–C) groups is 1. The molecule has 0 radical (unpaired) electrons. The minimum absolute atomic E-state index is 0.219. The van der Waals surface area contributed by atoms with Crippen LogP contribution in [0.4, 0.5) is 0 Å². The van der Waals surface area contributed by atoms with Crippen molar-refractivity contribution in [3.05, 3.63) is 0 Å². The topological polar surface area (TPSA) is 67.4 Å². The molecular weight excluding hydrogens is 368 g/mol. The van der Waals surface area contributed by atoms with Crippen molar-refractivity contribution in [1.29, 1.82) is 0 Å². The molecule has 1 unspecified atom stereocenters. The van der Waals surface area contributed by atoms with Crippen LogP contribution in [0.2, 0.25) is 0 Å². The van der Waals surface area contributed by atoms with Gasteiger partial charge in [0.1, 0.15) is 0 Å². The number of guanidine groups is 1. The Hall–Kier alpha value is -0.890. The summed E-state index contributed by atoms with van der Waals surface area (Å²) in [6, 6.07) is 0. The Bertz CT molecular complexity index is 471. The summed E-state index contributed by atoms with van der Waals surface area (Å²) in [6.07, 6.45) is 8.65. The van der Waals surface area contributed by atoms with Gasteiger partial charge in [-0.05, 0) is 32.6 Å². The maximum absolute atomic E-state index is 5.81. The summed E-state index contributed by atoms with van der Waals surface area (Å²) < 4.78 is 16.8. The number of rotatable bonds is 10. The molecule has 1 atom stereocenters. The molecule has 168 valence electrons. The van der Waals surface area contributed by atoms with Crippen molar-refractivity contribution in [3.63, 3.8) is 0 Å². The predicted molar refractivity (Wildman–Crippen MR) is 117 cm³/mol. The average molecular weight is 411 g/mol. The van der Waals surface area contributed by atoms with Gasteiger partial charge in [0.15, 0.2) is 5.96 Å². The molecule has 0 aromatic heterocycles. The lowest BCUT2D eigenvalue weighted by molar-refractivity contribution is -0.0333. The van der Waals surface area contributed by atoms with Gasteiger partial charge in [0, 0.05) is 50.8 Å². The van der Waals surface area contributed by atoms with Crippen molar-refractivity contribution < 1.29 is 14.2 Å². The highest BCUT2D eigenvalue weighted by Gasteiger charge is 2.38. The summed E-state index contributed by atoms with van der Waals surface area (Å²) in [5.41, 5.74) is 0.219. The molecule has 29 heavy (non-hydrogen) atoms. The highest BCUT2D eigenvalue weighted by atomic mass is 16.5. The van der Waals surface area contributed by atoms with Crippen LogP contribution in [0.15, 0.2) is 4.99 Å². The number of nitrogens with zero attached hydrogens (tertiary/aromatic N) is 2. The van der Waals surface area contributed by atoms with Crippen LogP contribution in [-0.4, -0.2) is 88.8 Å². The van der Waals surface area contributed by atoms with Crippen molar-refractivity contribution in [2.45, 2.75) is 57.4 Å². The zero-order valence-electron chi connectivity index (χ0n) is 18.4. The summed E-state index contributed by atoms with van der Waals surface area (Å²) in [5.74, 6) is 1.53. The molecule has 2 N–H and O–H groups in total. The smallest absolute Gasteiger partial charge is 0.191 e. The number of hydrogen-bond acceptors (Lipinski definition) is 5. The molecule has 7 heteroatoms. The first-order valence-corrected chi connectivity index (χ1v) is 11.8. The van der Waals surface area contributed by atoms with E-state index < -0.39 is 0 Å². The van der Waals surface area contributed by atoms with Crippen molar-refractivity contribution in [2.24, 2.45) is 10.9 Å². The average Bonchev–Trinajstić information content (AvgIpc) is 3.29. The summed E-state index contributed by atoms with van der Waals surface area (Å²) in [6.45, 7) is 12.0. The molecule has 2 saturated heterocycles. The lowest BCUT2D eigenvalue weighted by Gasteiger charge is -2.47. The van der Waals surface area contributed by atoms with E-state index in [4.69, 9.17) is 19.2 Å². The van der Waals surface area contributed by atoms with E-state index >= 15 is 0 Å². The molecule has 0 spiro atoms. The molecule has 7 nitrogen and oxygen atoms in total. The Morgan fingerprint density at radius 3 is 2.66 bits per heavy atom. The quantitative estimate of drug-likeness (QED) is 0.326. The fourth-order valence-corrected chi connectivity index (χ4v) is 4.74. The molecule has 2 aliphatic heterocycles. The second-order valence-corrected chi connectivity index (χ2v) is 8.66. The summed E-state index contributed by atoms with van der Waals surface area (Å²) >= 11 is 0. The van der Waals surface area contributed by atoms with E-state index in [2.05, 4.69) is 22.5 Å². The van der Waals surface area contributed by atoms with E-state index in [1.165, 1.54) is 32.1 Å². The monoisotopic (exact) mass is 410 g/mol. The fraction of sp³-hybridized carbons (Fsp3) is 0.955. The molecule has 1 aliphatic carbocycles. The minimum atomic E-state index is 0.219. The summed E-state index contributed by atoms with van der Waals surface area (Å²) in [4.78, 5) is 7.68. The van der Waals surface area contributed by atoms with Gasteiger partial charge in [-0.2, -0.15) is 0 Å². The van der Waals surface area contributed by atoms with Crippen LogP contribution in [-0.2, 0) is 14.2 Å². The zero-order valence-corrected chi connectivity index (χ0v) is 18.4. The molecule has 0 aromatic carbocycles. The molecule has 3 rings (SSSR count). The van der Waals surface area contributed by atoms with Gasteiger partial charge in [-0.15, -0.1) is 0 Å². The first-order chi connectivity index (χ1) is 14.3. The maximum atomic E-state index is 5.81. The van der Waals surface area contributed by atoms with Gasteiger partial charge in [-0.3, -0.25) is 9.89 Å². The fourth-order valence-electron chi connectivity index (χ4n) is 4.74. The molecule has 0 bridgehead atoms. The van der Waals surface area contributed by atoms with Gasteiger partial charge in [0.25, 0.3) is 0 Å². The van der Waals surface area contributed by atoms with Gasteiger partial charge >= 0.3 is 0 Å². The highest BCUT2D eigenvalue weighted by Crippen LogP contribution is 2.34. The molecular formula is C22H42N4O3. The van der Waals surface area contributed by atoms with Crippen molar-refractivity contribution in [1.82, 2.24) is 15.5 Å². The van der Waals surface area contributed by atoms with Crippen molar-refractivity contribution >= 4 is 5.96 Å². The molecule has 3 aliphatic rings. The van der Waals surface area contributed by atoms with E-state index in [1.807, 2.05) is 0 Å². The van der Waals surface area contributed by atoms with E-state index in [9.17, 15) is 0 Å². The van der Waals surface area contributed by atoms with Gasteiger partial charge in [-0.25, -0.2) is 0 Å². The van der Waals surface area contributed by atoms with Gasteiger partial charge in [-0.1, -0.05) is 19.3 Å². The standard InChI is InChI=1S/C22H42N4O3/c1-2-23-21(24-10-6-13-28-17-20-7-14-29-18-20)25-19-22(8-4-3-5-9-22)26-11-15-27-16-12-26/h20H,2-19H2,1H3,(H2,23,24,25). The lowest BCUT2D eigenvalue weighted by Crippen LogP contribution is -2.56. The highest BCUT2D eigenvalue weighted by molar-refractivity contribution is 5.79. The van der Waals surface area contributed by atoms with Crippen molar-refractivity contribution in [2.75, 3.05) is 72.4 Å². The van der Waals surface area contributed by atoms with E-state index in [1.54, 1.807) is 0 Å². The molecule has 1 saturated carbocycles. The number of hydrogen-bond donors (Lipinski definition) is 2. The maximum Gasteiger partial charge on any atom is 0.191 e. The van der Waals surface area contributed by atoms with Crippen LogP contribution >= 0.6 is 0 Å².